The zero-order valence-electron chi connectivity index (χ0n) is 12.9. The van der Waals surface area contributed by atoms with E-state index in [9.17, 15) is 4.79 Å². The molecule has 0 radical (unpaired) electrons. The van der Waals surface area contributed by atoms with E-state index < -0.39 is 5.41 Å². The molecule has 0 saturated heterocycles. The van der Waals surface area contributed by atoms with Gasteiger partial charge >= 0.3 is 0 Å². The number of rotatable bonds is 7. The maximum Gasteiger partial charge on any atom is 0.227 e. The average molecular weight is 278 g/mol. The summed E-state index contributed by atoms with van der Waals surface area (Å²) in [6.07, 6.45) is 1.48. The molecule has 0 aliphatic rings. The first kappa shape index (κ1) is 16.5. The van der Waals surface area contributed by atoms with Crippen LogP contribution in [0.1, 0.15) is 45.2 Å². The van der Waals surface area contributed by atoms with E-state index in [4.69, 9.17) is 10.5 Å². The Balaban J connectivity index is 2.89. The van der Waals surface area contributed by atoms with Gasteiger partial charge in [0.25, 0.3) is 0 Å². The summed E-state index contributed by atoms with van der Waals surface area (Å²) in [7, 11) is 1.63. The quantitative estimate of drug-likeness (QED) is 0.806. The summed E-state index contributed by atoms with van der Waals surface area (Å²) in [5.41, 5.74) is 6.31. The normalized spacial score (nSPS) is 12.8. The minimum Gasteiger partial charge on any atom is -0.496 e. The van der Waals surface area contributed by atoms with Crippen molar-refractivity contribution < 1.29 is 9.53 Å². The summed E-state index contributed by atoms with van der Waals surface area (Å²) in [5, 5.41) is 3.07. The topological polar surface area (TPSA) is 64.4 Å². The fourth-order valence-electron chi connectivity index (χ4n) is 2.40. The van der Waals surface area contributed by atoms with Gasteiger partial charge in [0.15, 0.2) is 0 Å². The van der Waals surface area contributed by atoms with Crippen molar-refractivity contribution in [3.8, 4) is 5.75 Å². The number of hydrogen-bond acceptors (Lipinski definition) is 3. The minimum absolute atomic E-state index is 0.0170. The van der Waals surface area contributed by atoms with Crippen LogP contribution in [-0.2, 0) is 4.79 Å². The van der Waals surface area contributed by atoms with Crippen LogP contribution in [-0.4, -0.2) is 19.6 Å². The molecule has 4 heteroatoms. The molecule has 0 unspecified atom stereocenters. The molecule has 1 rings (SSSR count). The van der Waals surface area contributed by atoms with Crippen LogP contribution < -0.4 is 15.8 Å². The number of para-hydroxylation sites is 1. The van der Waals surface area contributed by atoms with Crippen molar-refractivity contribution in [1.82, 2.24) is 5.32 Å². The van der Waals surface area contributed by atoms with E-state index in [1.807, 2.05) is 45.0 Å². The van der Waals surface area contributed by atoms with Gasteiger partial charge in [0.1, 0.15) is 5.75 Å². The van der Waals surface area contributed by atoms with Crippen LogP contribution in [0.2, 0.25) is 0 Å². The van der Waals surface area contributed by atoms with Crippen molar-refractivity contribution in [1.29, 1.82) is 0 Å². The SMILES string of the molecule is CCC(CC)(CN)C(=O)N[C@H](C)c1ccccc1OC. The van der Waals surface area contributed by atoms with E-state index in [0.29, 0.717) is 6.54 Å². The number of amides is 1. The van der Waals surface area contributed by atoms with Gasteiger partial charge in [0.05, 0.1) is 18.6 Å². The van der Waals surface area contributed by atoms with Crippen molar-refractivity contribution >= 4 is 5.91 Å². The van der Waals surface area contributed by atoms with Crippen molar-refractivity contribution in [3.05, 3.63) is 29.8 Å². The molecule has 0 aromatic heterocycles. The molecule has 4 nitrogen and oxygen atoms in total. The summed E-state index contributed by atoms with van der Waals surface area (Å²) < 4.78 is 5.34. The first-order valence-electron chi connectivity index (χ1n) is 7.18. The number of nitrogens with one attached hydrogen (secondary N) is 1. The van der Waals surface area contributed by atoms with E-state index in [1.54, 1.807) is 7.11 Å². The van der Waals surface area contributed by atoms with E-state index >= 15 is 0 Å². The predicted octanol–water partition coefficient (Wildman–Crippen LogP) is 2.64. The molecule has 0 aliphatic carbocycles. The summed E-state index contributed by atoms with van der Waals surface area (Å²) in [5.74, 6) is 0.801. The van der Waals surface area contributed by atoms with Gasteiger partial charge in [-0.05, 0) is 25.8 Å². The standard InChI is InChI=1S/C16H26N2O2/c1-5-16(6-2,11-17)15(19)18-12(3)13-9-7-8-10-14(13)20-4/h7-10,12H,5-6,11,17H2,1-4H3,(H,18,19)/t12-/m1/s1. The lowest BCUT2D eigenvalue weighted by Gasteiger charge is -2.30. The third kappa shape index (κ3) is 3.31. The minimum atomic E-state index is -0.476. The number of carbonyl (C=O) groups excluding carboxylic acids is 1. The third-order valence-corrected chi connectivity index (χ3v) is 4.18. The Morgan fingerprint density at radius 2 is 1.95 bits per heavy atom. The lowest BCUT2D eigenvalue weighted by molar-refractivity contribution is -0.131. The lowest BCUT2D eigenvalue weighted by Crippen LogP contribution is -2.46. The molecule has 1 atom stereocenters. The molecular weight excluding hydrogens is 252 g/mol. The fourth-order valence-corrected chi connectivity index (χ4v) is 2.40. The Bertz CT molecular complexity index is 434. The first-order chi connectivity index (χ1) is 9.54. The van der Waals surface area contributed by atoms with Gasteiger partial charge < -0.3 is 15.8 Å². The number of ether oxygens (including phenoxy) is 1. The highest BCUT2D eigenvalue weighted by molar-refractivity contribution is 5.83. The molecule has 20 heavy (non-hydrogen) atoms. The number of benzene rings is 1. The molecule has 0 aliphatic heterocycles. The van der Waals surface area contributed by atoms with Gasteiger partial charge in [-0.15, -0.1) is 0 Å². The molecule has 0 spiro atoms. The summed E-state index contributed by atoms with van der Waals surface area (Å²) in [6.45, 7) is 6.33. The Hall–Kier alpha value is -1.55. The molecule has 0 heterocycles. The molecule has 0 saturated carbocycles. The summed E-state index contributed by atoms with van der Waals surface area (Å²) in [4.78, 5) is 12.5. The molecule has 3 N–H and O–H groups in total. The fraction of sp³-hybridized carbons (Fsp3) is 0.562. The van der Waals surface area contributed by atoms with Gasteiger partial charge in [-0.3, -0.25) is 4.79 Å². The number of carbonyl (C=O) groups is 1. The van der Waals surface area contributed by atoms with E-state index in [0.717, 1.165) is 24.2 Å². The Labute approximate surface area is 121 Å². The van der Waals surface area contributed by atoms with Crippen LogP contribution in [0, 0.1) is 5.41 Å². The molecule has 1 aromatic rings. The second kappa shape index (κ2) is 7.29. The maximum absolute atomic E-state index is 12.5. The van der Waals surface area contributed by atoms with Gasteiger partial charge in [-0.25, -0.2) is 0 Å². The number of methoxy groups -OCH3 is 1. The van der Waals surface area contributed by atoms with Crippen molar-refractivity contribution in [2.24, 2.45) is 11.1 Å². The Morgan fingerprint density at radius 3 is 2.45 bits per heavy atom. The largest absolute Gasteiger partial charge is 0.496 e. The maximum atomic E-state index is 12.5. The molecule has 0 fully saturated rings. The average Bonchev–Trinajstić information content (AvgIpc) is 2.49. The van der Waals surface area contributed by atoms with E-state index in [-0.39, 0.29) is 11.9 Å². The first-order valence-corrected chi connectivity index (χ1v) is 7.18. The van der Waals surface area contributed by atoms with Gasteiger partial charge in [-0.1, -0.05) is 32.0 Å². The van der Waals surface area contributed by atoms with Crippen LogP contribution in [0.3, 0.4) is 0 Å². The van der Waals surface area contributed by atoms with Crippen molar-refractivity contribution in [2.75, 3.05) is 13.7 Å². The van der Waals surface area contributed by atoms with E-state index in [1.165, 1.54) is 0 Å². The zero-order chi connectivity index (χ0) is 15.2. The second-order valence-corrected chi connectivity index (χ2v) is 5.13. The zero-order valence-corrected chi connectivity index (χ0v) is 12.9. The van der Waals surface area contributed by atoms with E-state index in [2.05, 4.69) is 5.32 Å². The predicted molar refractivity (Wildman–Crippen MR) is 81.6 cm³/mol. The van der Waals surface area contributed by atoms with Gasteiger partial charge in [-0.2, -0.15) is 0 Å². The van der Waals surface area contributed by atoms with Crippen LogP contribution in [0.15, 0.2) is 24.3 Å². The number of nitrogens with two attached hydrogens (primary N) is 1. The second-order valence-electron chi connectivity index (χ2n) is 5.13. The Kier molecular flexibility index (Phi) is 6.02. The monoisotopic (exact) mass is 278 g/mol. The third-order valence-electron chi connectivity index (χ3n) is 4.18. The van der Waals surface area contributed by atoms with Crippen molar-refractivity contribution in [2.45, 2.75) is 39.7 Å². The molecular formula is C16H26N2O2. The Morgan fingerprint density at radius 1 is 1.35 bits per heavy atom. The van der Waals surface area contributed by atoms with Crippen LogP contribution in [0.25, 0.3) is 0 Å². The van der Waals surface area contributed by atoms with Crippen molar-refractivity contribution in [3.63, 3.8) is 0 Å². The lowest BCUT2D eigenvalue weighted by atomic mass is 9.81. The van der Waals surface area contributed by atoms with Crippen LogP contribution in [0.4, 0.5) is 0 Å². The highest BCUT2D eigenvalue weighted by Gasteiger charge is 2.34. The highest BCUT2D eigenvalue weighted by atomic mass is 16.5. The summed E-state index contributed by atoms with van der Waals surface area (Å²) >= 11 is 0. The van der Waals surface area contributed by atoms with Gasteiger partial charge in [0, 0.05) is 12.1 Å². The number of hydrogen-bond donors (Lipinski definition) is 2. The molecule has 0 bridgehead atoms. The molecule has 1 aromatic carbocycles. The molecule has 112 valence electrons. The highest BCUT2D eigenvalue weighted by Crippen LogP contribution is 2.29. The van der Waals surface area contributed by atoms with Crippen LogP contribution >= 0.6 is 0 Å². The summed E-state index contributed by atoms with van der Waals surface area (Å²) in [6, 6.07) is 7.61. The molecule has 1 amide bonds. The smallest absolute Gasteiger partial charge is 0.227 e. The van der Waals surface area contributed by atoms with Gasteiger partial charge in [0.2, 0.25) is 5.91 Å². The van der Waals surface area contributed by atoms with Crippen LogP contribution in [0.5, 0.6) is 5.75 Å².